The number of fused-ring (bicyclic) bond motifs is 1. The second kappa shape index (κ2) is 9.06. The predicted octanol–water partition coefficient (Wildman–Crippen LogP) is 4.52. The van der Waals surface area contributed by atoms with Crippen molar-refractivity contribution < 1.29 is 13.2 Å². The molecule has 6 nitrogen and oxygen atoms in total. The normalized spacial score (nSPS) is 15.5. The third-order valence-corrected chi connectivity index (χ3v) is 8.83. The van der Waals surface area contributed by atoms with Gasteiger partial charge in [-0.25, -0.2) is 13.4 Å². The molecule has 1 aliphatic carbocycles. The molecule has 1 heterocycles. The molecule has 1 amide bonds. The molecule has 3 aromatic rings. The van der Waals surface area contributed by atoms with Gasteiger partial charge in [-0.1, -0.05) is 37.5 Å². The zero-order chi connectivity index (χ0) is 22.0. The van der Waals surface area contributed by atoms with Gasteiger partial charge in [-0.15, -0.1) is 11.3 Å². The van der Waals surface area contributed by atoms with Crippen LogP contribution in [0.5, 0.6) is 0 Å². The zero-order valence-electron chi connectivity index (χ0n) is 17.8. The summed E-state index contributed by atoms with van der Waals surface area (Å²) < 4.78 is 28.9. The zero-order valence-corrected chi connectivity index (χ0v) is 19.5. The number of aromatic nitrogens is 1. The number of hydrogen-bond donors (Lipinski definition) is 0. The van der Waals surface area contributed by atoms with Gasteiger partial charge in [0.1, 0.15) is 5.01 Å². The van der Waals surface area contributed by atoms with Crippen LogP contribution in [0.3, 0.4) is 0 Å². The number of amides is 1. The fraction of sp³-hybridized carbons (Fsp3) is 0.391. The van der Waals surface area contributed by atoms with E-state index in [-0.39, 0.29) is 16.8 Å². The minimum absolute atomic E-state index is 0.0276. The largest absolute Gasteiger partial charge is 0.335 e. The summed E-state index contributed by atoms with van der Waals surface area (Å²) in [4.78, 5) is 19.3. The van der Waals surface area contributed by atoms with Gasteiger partial charge in [0.25, 0.3) is 5.91 Å². The van der Waals surface area contributed by atoms with Crippen LogP contribution in [0.1, 0.15) is 47.5 Å². The van der Waals surface area contributed by atoms with Gasteiger partial charge in [-0.3, -0.25) is 4.79 Å². The quantitative estimate of drug-likeness (QED) is 0.546. The van der Waals surface area contributed by atoms with Crippen molar-refractivity contribution >= 4 is 37.5 Å². The molecule has 0 spiro atoms. The Kier molecular flexibility index (Phi) is 6.41. The molecule has 1 fully saturated rings. The van der Waals surface area contributed by atoms with Crippen molar-refractivity contribution in [3.63, 3.8) is 0 Å². The van der Waals surface area contributed by atoms with Crippen LogP contribution in [-0.2, 0) is 16.6 Å². The number of para-hydroxylation sites is 1. The maximum Gasteiger partial charge on any atom is 0.254 e. The van der Waals surface area contributed by atoms with Crippen molar-refractivity contribution in [3.8, 4) is 0 Å². The SMILES string of the molecule is CN(Cc1nc2ccccc2s1)C(=O)c1cccc(S(=O)(=O)N(C)C2CCCCC2)c1. The van der Waals surface area contributed by atoms with Crippen LogP contribution in [0.15, 0.2) is 53.4 Å². The van der Waals surface area contributed by atoms with Crippen molar-refractivity contribution in [2.45, 2.75) is 49.6 Å². The predicted molar refractivity (Wildman–Crippen MR) is 124 cm³/mol. The number of nitrogens with zero attached hydrogens (tertiary/aromatic N) is 3. The van der Waals surface area contributed by atoms with E-state index in [2.05, 4.69) is 4.98 Å². The van der Waals surface area contributed by atoms with E-state index in [0.29, 0.717) is 12.1 Å². The maximum atomic E-state index is 13.2. The monoisotopic (exact) mass is 457 g/mol. The first-order valence-corrected chi connectivity index (χ1v) is 12.8. The molecular formula is C23H27N3O3S2. The first-order valence-electron chi connectivity index (χ1n) is 10.5. The van der Waals surface area contributed by atoms with Gasteiger partial charge >= 0.3 is 0 Å². The summed E-state index contributed by atoms with van der Waals surface area (Å²) >= 11 is 1.56. The first kappa shape index (κ1) is 21.9. The summed E-state index contributed by atoms with van der Waals surface area (Å²) in [6.07, 6.45) is 5.05. The van der Waals surface area contributed by atoms with Crippen LogP contribution < -0.4 is 0 Å². The maximum absolute atomic E-state index is 13.2. The van der Waals surface area contributed by atoms with Crippen LogP contribution in [0.2, 0.25) is 0 Å². The summed E-state index contributed by atoms with van der Waals surface area (Å²) in [7, 11) is -0.280. The summed E-state index contributed by atoms with van der Waals surface area (Å²) in [5, 5.41) is 0.845. The highest BCUT2D eigenvalue weighted by Gasteiger charge is 2.29. The molecule has 0 bridgehead atoms. The van der Waals surface area contributed by atoms with E-state index in [1.165, 1.54) is 10.4 Å². The molecule has 1 aliphatic rings. The summed E-state index contributed by atoms with van der Waals surface area (Å²) in [6.45, 7) is 0.372. The van der Waals surface area contributed by atoms with Crippen molar-refractivity contribution in [3.05, 3.63) is 59.1 Å². The average Bonchev–Trinajstić information content (AvgIpc) is 3.21. The van der Waals surface area contributed by atoms with Crippen LogP contribution in [-0.4, -0.2) is 48.7 Å². The van der Waals surface area contributed by atoms with Crippen molar-refractivity contribution in [1.82, 2.24) is 14.2 Å². The second-order valence-corrected chi connectivity index (χ2v) is 11.2. The third kappa shape index (κ3) is 4.66. The van der Waals surface area contributed by atoms with Crippen LogP contribution in [0, 0.1) is 0 Å². The van der Waals surface area contributed by atoms with Crippen molar-refractivity contribution in [2.75, 3.05) is 14.1 Å². The molecule has 8 heteroatoms. The molecule has 4 rings (SSSR count). The lowest BCUT2D eigenvalue weighted by atomic mass is 9.96. The smallest absolute Gasteiger partial charge is 0.254 e. The molecule has 164 valence electrons. The number of benzene rings is 2. The van der Waals surface area contributed by atoms with E-state index in [1.807, 2.05) is 24.3 Å². The van der Waals surface area contributed by atoms with E-state index in [9.17, 15) is 13.2 Å². The molecule has 0 saturated heterocycles. The summed E-state index contributed by atoms with van der Waals surface area (Å²) in [6, 6.07) is 14.3. The van der Waals surface area contributed by atoms with E-state index in [4.69, 9.17) is 0 Å². The van der Waals surface area contributed by atoms with Crippen LogP contribution >= 0.6 is 11.3 Å². The Balaban J connectivity index is 1.51. The molecule has 1 aromatic heterocycles. The Morgan fingerprint density at radius 2 is 1.81 bits per heavy atom. The molecule has 2 aromatic carbocycles. The highest BCUT2D eigenvalue weighted by atomic mass is 32.2. The van der Waals surface area contributed by atoms with Gasteiger partial charge in [0.05, 0.1) is 21.7 Å². The molecule has 0 unspecified atom stereocenters. The van der Waals surface area contributed by atoms with Gasteiger partial charge < -0.3 is 4.90 Å². The van der Waals surface area contributed by atoms with Gasteiger partial charge in [0.15, 0.2) is 0 Å². The minimum atomic E-state index is -3.64. The van der Waals surface area contributed by atoms with Crippen molar-refractivity contribution in [1.29, 1.82) is 0 Å². The Hall–Kier alpha value is -2.29. The highest BCUT2D eigenvalue weighted by molar-refractivity contribution is 7.89. The summed E-state index contributed by atoms with van der Waals surface area (Å²) in [5.41, 5.74) is 1.28. The number of hydrogen-bond acceptors (Lipinski definition) is 5. The molecule has 0 aliphatic heterocycles. The summed E-state index contributed by atoms with van der Waals surface area (Å²) in [5.74, 6) is -0.225. The van der Waals surface area contributed by atoms with E-state index >= 15 is 0 Å². The Morgan fingerprint density at radius 3 is 2.55 bits per heavy atom. The molecule has 0 atom stereocenters. The van der Waals surface area contributed by atoms with Gasteiger partial charge in [0.2, 0.25) is 10.0 Å². The van der Waals surface area contributed by atoms with Gasteiger partial charge in [-0.2, -0.15) is 4.31 Å². The Morgan fingerprint density at radius 1 is 1.06 bits per heavy atom. The molecule has 0 radical (unpaired) electrons. The molecular weight excluding hydrogens is 430 g/mol. The number of carbonyl (C=O) groups is 1. The number of rotatable bonds is 6. The first-order chi connectivity index (χ1) is 14.9. The minimum Gasteiger partial charge on any atom is -0.335 e. The van der Waals surface area contributed by atoms with Crippen molar-refractivity contribution in [2.24, 2.45) is 0 Å². The number of thiazole rings is 1. The topological polar surface area (TPSA) is 70.6 Å². The Bertz CT molecular complexity index is 1150. The lowest BCUT2D eigenvalue weighted by Gasteiger charge is -2.30. The number of sulfonamides is 1. The van der Waals surface area contributed by atoms with E-state index in [1.54, 1.807) is 48.5 Å². The Labute approximate surface area is 187 Å². The fourth-order valence-corrected chi connectivity index (χ4v) is 6.56. The van der Waals surface area contributed by atoms with E-state index < -0.39 is 10.0 Å². The second-order valence-electron chi connectivity index (χ2n) is 8.08. The molecule has 31 heavy (non-hydrogen) atoms. The average molecular weight is 458 g/mol. The molecule has 1 saturated carbocycles. The molecule has 0 N–H and O–H groups in total. The fourth-order valence-electron chi connectivity index (χ4n) is 4.08. The lowest BCUT2D eigenvalue weighted by molar-refractivity contribution is 0.0785. The van der Waals surface area contributed by atoms with Gasteiger partial charge in [-0.05, 0) is 43.2 Å². The van der Waals surface area contributed by atoms with Crippen LogP contribution in [0.4, 0.5) is 0 Å². The van der Waals surface area contributed by atoms with E-state index in [0.717, 1.165) is 47.3 Å². The highest BCUT2D eigenvalue weighted by Crippen LogP contribution is 2.27. The lowest BCUT2D eigenvalue weighted by Crippen LogP contribution is -2.38. The number of carbonyl (C=O) groups excluding carboxylic acids is 1. The van der Waals surface area contributed by atoms with Crippen LogP contribution in [0.25, 0.3) is 10.2 Å². The third-order valence-electron chi connectivity index (χ3n) is 5.90. The standard InChI is InChI=1S/C23H27N3O3S2/c1-25(16-22-24-20-13-6-7-14-21(20)30-22)23(27)17-9-8-12-19(15-17)31(28,29)26(2)18-10-4-3-5-11-18/h6-9,12-15,18H,3-5,10-11,16H2,1-2H3. The van der Waals surface area contributed by atoms with Gasteiger partial charge in [0, 0.05) is 25.7 Å².